The van der Waals surface area contributed by atoms with Gasteiger partial charge in [0, 0.05) is 18.1 Å². The second-order valence-corrected chi connectivity index (χ2v) is 8.61. The molecule has 33 heavy (non-hydrogen) atoms. The lowest BCUT2D eigenvalue weighted by molar-refractivity contribution is 0.171. The lowest BCUT2D eigenvalue weighted by Crippen LogP contribution is -2.21. The van der Waals surface area contributed by atoms with Crippen molar-refractivity contribution in [1.29, 1.82) is 0 Å². The lowest BCUT2D eigenvalue weighted by Gasteiger charge is -2.18. The highest BCUT2D eigenvalue weighted by Crippen LogP contribution is 2.32. The molecular formula is C24H19N5O3S. The van der Waals surface area contributed by atoms with E-state index in [1.54, 1.807) is 21.5 Å². The van der Waals surface area contributed by atoms with Gasteiger partial charge in [-0.1, -0.05) is 48.2 Å². The predicted octanol–water partition coefficient (Wildman–Crippen LogP) is 3.55. The zero-order chi connectivity index (χ0) is 22.2. The van der Waals surface area contributed by atoms with E-state index in [4.69, 9.17) is 9.47 Å². The molecule has 9 heteroatoms. The summed E-state index contributed by atoms with van der Waals surface area (Å²) >= 11 is 1.50. The van der Waals surface area contributed by atoms with Crippen molar-refractivity contribution in [3.8, 4) is 11.5 Å². The molecule has 0 radical (unpaired) electrons. The average molecular weight is 458 g/mol. The molecule has 0 bridgehead atoms. The van der Waals surface area contributed by atoms with Gasteiger partial charge >= 0.3 is 0 Å². The number of aromatic nitrogens is 5. The predicted molar refractivity (Wildman–Crippen MR) is 125 cm³/mol. The molecule has 2 aromatic carbocycles. The topological polar surface area (TPSA) is 83.5 Å². The molecule has 5 aromatic rings. The fraction of sp³-hybridized carbons (Fsp3) is 0.167. The molecule has 0 N–H and O–H groups in total. The van der Waals surface area contributed by atoms with Crippen LogP contribution in [-0.4, -0.2) is 37.4 Å². The summed E-state index contributed by atoms with van der Waals surface area (Å²) in [6.07, 6.45) is 3.37. The van der Waals surface area contributed by atoms with Gasteiger partial charge in [-0.25, -0.2) is 4.98 Å². The van der Waals surface area contributed by atoms with Gasteiger partial charge in [0.25, 0.3) is 11.3 Å². The maximum Gasteiger partial charge on any atom is 0.261 e. The summed E-state index contributed by atoms with van der Waals surface area (Å²) in [7, 11) is 0. The van der Waals surface area contributed by atoms with Crippen LogP contribution in [-0.2, 0) is 12.3 Å². The van der Waals surface area contributed by atoms with E-state index in [0.29, 0.717) is 47.3 Å². The quantitative estimate of drug-likeness (QED) is 0.373. The normalized spacial score (nSPS) is 13.0. The van der Waals surface area contributed by atoms with Crippen LogP contribution < -0.4 is 15.0 Å². The number of nitrogens with zero attached hydrogens (tertiary/aromatic N) is 5. The monoisotopic (exact) mass is 457 g/mol. The molecule has 0 atom stereocenters. The molecule has 8 nitrogen and oxygen atoms in total. The molecule has 164 valence electrons. The Hall–Kier alpha value is -3.85. The largest absolute Gasteiger partial charge is 0.486 e. The smallest absolute Gasteiger partial charge is 0.261 e. The number of thioether (sulfide) groups is 1. The van der Waals surface area contributed by atoms with E-state index in [1.807, 2.05) is 54.6 Å². The number of pyridine rings is 1. The molecule has 0 amide bonds. The van der Waals surface area contributed by atoms with Crippen molar-refractivity contribution in [3.05, 3.63) is 88.5 Å². The number of rotatable bonds is 5. The number of benzene rings is 2. The van der Waals surface area contributed by atoms with Crippen LogP contribution in [0.3, 0.4) is 0 Å². The first-order chi connectivity index (χ1) is 16.2. The van der Waals surface area contributed by atoms with Gasteiger partial charge in [-0.15, -0.1) is 5.10 Å². The third-order valence-corrected chi connectivity index (χ3v) is 6.37. The SMILES string of the molecule is O=c1c2cnc3nc(SCc4ccc5c(c4)OCCO5)nn3c2ccn1Cc1ccccc1. The van der Waals surface area contributed by atoms with Gasteiger partial charge in [0.15, 0.2) is 11.5 Å². The van der Waals surface area contributed by atoms with Crippen molar-refractivity contribution in [2.45, 2.75) is 17.5 Å². The molecular weight excluding hydrogens is 438 g/mol. The van der Waals surface area contributed by atoms with Crippen molar-refractivity contribution in [2.75, 3.05) is 13.2 Å². The van der Waals surface area contributed by atoms with Crippen molar-refractivity contribution >= 4 is 28.4 Å². The minimum atomic E-state index is -0.105. The van der Waals surface area contributed by atoms with Gasteiger partial charge in [-0.3, -0.25) is 4.79 Å². The van der Waals surface area contributed by atoms with Crippen molar-refractivity contribution < 1.29 is 9.47 Å². The van der Waals surface area contributed by atoms with Gasteiger partial charge in [-0.05, 0) is 29.3 Å². The van der Waals surface area contributed by atoms with Crippen LogP contribution in [0.15, 0.2) is 76.9 Å². The van der Waals surface area contributed by atoms with E-state index in [9.17, 15) is 4.79 Å². The van der Waals surface area contributed by atoms with Crippen LogP contribution in [0.2, 0.25) is 0 Å². The fourth-order valence-corrected chi connectivity index (χ4v) is 4.59. The zero-order valence-corrected chi connectivity index (χ0v) is 18.4. The highest BCUT2D eigenvalue weighted by atomic mass is 32.2. The summed E-state index contributed by atoms with van der Waals surface area (Å²) in [5, 5.41) is 5.70. The van der Waals surface area contributed by atoms with E-state index in [0.717, 1.165) is 22.6 Å². The van der Waals surface area contributed by atoms with Crippen molar-refractivity contribution in [1.82, 2.24) is 24.1 Å². The zero-order valence-electron chi connectivity index (χ0n) is 17.5. The third kappa shape index (κ3) is 3.80. The summed E-state index contributed by atoms with van der Waals surface area (Å²) in [6.45, 7) is 1.63. The fourth-order valence-electron chi connectivity index (χ4n) is 3.83. The Morgan fingerprint density at radius 1 is 0.970 bits per heavy atom. The second-order valence-electron chi connectivity index (χ2n) is 7.66. The lowest BCUT2D eigenvalue weighted by atomic mass is 10.2. The van der Waals surface area contributed by atoms with Gasteiger partial charge in [0.1, 0.15) is 13.2 Å². The minimum absolute atomic E-state index is 0.105. The molecule has 3 aromatic heterocycles. The van der Waals surface area contributed by atoms with Crippen LogP contribution in [0.5, 0.6) is 11.5 Å². The molecule has 0 unspecified atom stereocenters. The third-order valence-electron chi connectivity index (χ3n) is 5.46. The number of hydrogen-bond donors (Lipinski definition) is 0. The van der Waals surface area contributed by atoms with Gasteiger partial charge in [-0.2, -0.15) is 9.50 Å². The average Bonchev–Trinajstić information content (AvgIpc) is 3.28. The van der Waals surface area contributed by atoms with Crippen LogP contribution in [0, 0.1) is 0 Å². The Kier molecular flexibility index (Phi) is 4.95. The summed E-state index contributed by atoms with van der Waals surface area (Å²) in [5.41, 5.74) is 2.73. The van der Waals surface area contributed by atoms with Crippen LogP contribution in [0.25, 0.3) is 16.7 Å². The molecule has 6 rings (SSSR count). The van der Waals surface area contributed by atoms with Crippen LogP contribution in [0.4, 0.5) is 0 Å². The summed E-state index contributed by atoms with van der Waals surface area (Å²) in [6, 6.07) is 17.7. The summed E-state index contributed by atoms with van der Waals surface area (Å²) < 4.78 is 14.6. The second kappa shape index (κ2) is 8.25. The minimum Gasteiger partial charge on any atom is -0.486 e. The van der Waals surface area contributed by atoms with Crippen molar-refractivity contribution in [2.24, 2.45) is 0 Å². The van der Waals surface area contributed by atoms with E-state index in [1.165, 1.54) is 11.8 Å². The van der Waals surface area contributed by atoms with Gasteiger partial charge < -0.3 is 14.0 Å². The summed E-state index contributed by atoms with van der Waals surface area (Å²) in [4.78, 5) is 21.9. The first-order valence-corrected chi connectivity index (χ1v) is 11.5. The Bertz CT molecular complexity index is 1530. The van der Waals surface area contributed by atoms with Crippen molar-refractivity contribution in [3.63, 3.8) is 0 Å². The molecule has 1 aliphatic rings. The van der Waals surface area contributed by atoms with E-state index >= 15 is 0 Å². The molecule has 0 saturated heterocycles. The molecule has 1 aliphatic heterocycles. The van der Waals surface area contributed by atoms with E-state index < -0.39 is 0 Å². The number of fused-ring (bicyclic) bond motifs is 4. The Labute approximate surface area is 192 Å². The standard InChI is InChI=1S/C24H19N5O3S/c30-22-18-13-25-23-26-24(33-15-17-6-7-20-21(12-17)32-11-10-31-20)27-29(23)19(18)8-9-28(22)14-16-4-2-1-3-5-16/h1-9,12-13H,10-11,14-15H2. The van der Waals surface area contributed by atoms with Gasteiger partial charge in [0.05, 0.1) is 17.4 Å². The first kappa shape index (κ1) is 19.8. The Morgan fingerprint density at radius 2 is 1.82 bits per heavy atom. The summed E-state index contributed by atoms with van der Waals surface area (Å²) in [5.74, 6) is 2.68. The molecule has 0 spiro atoms. The molecule has 4 heterocycles. The van der Waals surface area contributed by atoms with Gasteiger partial charge in [0.2, 0.25) is 5.16 Å². The Morgan fingerprint density at radius 3 is 2.70 bits per heavy atom. The first-order valence-electron chi connectivity index (χ1n) is 10.5. The van der Waals surface area contributed by atoms with Crippen LogP contribution in [0.1, 0.15) is 11.1 Å². The molecule has 0 saturated carbocycles. The maximum atomic E-state index is 13.0. The van der Waals surface area contributed by atoms with Crippen LogP contribution >= 0.6 is 11.8 Å². The Balaban J connectivity index is 1.28. The highest BCUT2D eigenvalue weighted by Gasteiger charge is 2.14. The number of ether oxygens (including phenoxy) is 2. The molecule has 0 aliphatic carbocycles. The van der Waals surface area contributed by atoms with E-state index in [-0.39, 0.29) is 5.56 Å². The highest BCUT2D eigenvalue weighted by molar-refractivity contribution is 7.98. The van der Waals surface area contributed by atoms with E-state index in [2.05, 4.69) is 15.1 Å². The number of hydrogen-bond acceptors (Lipinski definition) is 7. The maximum absolute atomic E-state index is 13.0. The molecule has 0 fully saturated rings.